The first kappa shape index (κ1) is 14.7. The molecule has 0 saturated carbocycles. The Morgan fingerprint density at radius 2 is 2.00 bits per heavy atom. The summed E-state index contributed by atoms with van der Waals surface area (Å²) in [5.41, 5.74) is -3.24. The van der Waals surface area contributed by atoms with Gasteiger partial charge in [0.25, 0.3) is 0 Å². The average Bonchev–Trinajstić information content (AvgIpc) is 2.37. The van der Waals surface area contributed by atoms with Crippen molar-refractivity contribution < 1.29 is 17.9 Å². The van der Waals surface area contributed by atoms with Crippen LogP contribution in [0.2, 0.25) is 0 Å². The predicted molar refractivity (Wildman–Crippen MR) is 69.0 cm³/mol. The molecule has 0 aliphatic carbocycles. The van der Waals surface area contributed by atoms with Crippen LogP contribution in [0.4, 0.5) is 13.2 Å². The monoisotopic (exact) mass is 291 g/mol. The van der Waals surface area contributed by atoms with E-state index in [0.29, 0.717) is 19.2 Å². The minimum absolute atomic E-state index is 0.0848. The molecule has 1 saturated heterocycles. The first-order valence-electron chi connectivity index (χ1n) is 6.19. The number of thioether (sulfide) groups is 1. The van der Waals surface area contributed by atoms with Crippen LogP contribution in [-0.4, -0.2) is 24.8 Å². The number of rotatable bonds is 4. The van der Waals surface area contributed by atoms with E-state index in [1.165, 1.54) is 12.1 Å². The van der Waals surface area contributed by atoms with Crippen LogP contribution in [0.3, 0.4) is 0 Å². The molecule has 1 unspecified atom stereocenters. The van der Waals surface area contributed by atoms with Gasteiger partial charge in [0.2, 0.25) is 0 Å². The summed E-state index contributed by atoms with van der Waals surface area (Å²) in [5, 5.41) is 3.35. The number of ether oxygens (including phenoxy) is 1. The Labute approximate surface area is 114 Å². The second-order valence-electron chi connectivity index (χ2n) is 4.49. The van der Waals surface area contributed by atoms with E-state index in [9.17, 15) is 13.2 Å². The lowest BCUT2D eigenvalue weighted by Gasteiger charge is -2.23. The third-order valence-electron chi connectivity index (χ3n) is 2.91. The van der Waals surface area contributed by atoms with Crippen molar-refractivity contribution in [3.05, 3.63) is 29.8 Å². The molecule has 0 bridgehead atoms. The van der Waals surface area contributed by atoms with Gasteiger partial charge in [-0.3, -0.25) is 0 Å². The second-order valence-corrected chi connectivity index (χ2v) is 5.63. The highest BCUT2D eigenvalue weighted by Gasteiger charge is 2.28. The van der Waals surface area contributed by atoms with E-state index in [0.717, 1.165) is 25.0 Å². The number of hydrogen-bond acceptors (Lipinski definition) is 3. The Hall–Kier alpha value is -0.720. The molecule has 106 valence electrons. The molecule has 0 radical (unpaired) electrons. The average molecular weight is 291 g/mol. The standard InChI is InChI=1S/C13H16F3NOS/c14-13(15,16)19-12-5-3-10(4-6-12)8-17-11-2-1-7-18-9-11/h3-6,11,17H,1-2,7-9H2. The molecule has 1 fully saturated rings. The zero-order valence-electron chi connectivity index (χ0n) is 10.4. The van der Waals surface area contributed by atoms with Crippen LogP contribution in [0, 0.1) is 0 Å². The minimum atomic E-state index is -4.22. The lowest BCUT2D eigenvalue weighted by molar-refractivity contribution is -0.0328. The van der Waals surface area contributed by atoms with Crippen LogP contribution in [0.5, 0.6) is 0 Å². The molecule has 2 nitrogen and oxygen atoms in total. The number of hydrogen-bond donors (Lipinski definition) is 1. The summed E-state index contributed by atoms with van der Waals surface area (Å²) in [5.74, 6) is 0. The highest BCUT2D eigenvalue weighted by molar-refractivity contribution is 8.00. The van der Waals surface area contributed by atoms with Crippen molar-refractivity contribution in [3.63, 3.8) is 0 Å². The molecule has 1 aromatic carbocycles. The summed E-state index contributed by atoms with van der Waals surface area (Å²) in [6.45, 7) is 2.19. The molecule has 19 heavy (non-hydrogen) atoms. The molecule has 0 aromatic heterocycles. The van der Waals surface area contributed by atoms with Crippen LogP contribution in [0.25, 0.3) is 0 Å². The Morgan fingerprint density at radius 1 is 1.26 bits per heavy atom. The molecule has 1 aliphatic heterocycles. The van der Waals surface area contributed by atoms with Crippen molar-refractivity contribution >= 4 is 11.8 Å². The van der Waals surface area contributed by atoms with Gasteiger partial charge < -0.3 is 10.1 Å². The summed E-state index contributed by atoms with van der Waals surface area (Å²) >= 11 is -0.0848. The lowest BCUT2D eigenvalue weighted by Crippen LogP contribution is -2.36. The van der Waals surface area contributed by atoms with Gasteiger partial charge in [0, 0.05) is 24.1 Å². The fourth-order valence-corrected chi connectivity index (χ4v) is 2.51. The van der Waals surface area contributed by atoms with Gasteiger partial charge in [-0.25, -0.2) is 0 Å². The predicted octanol–water partition coefficient (Wildman–Crippen LogP) is 3.57. The van der Waals surface area contributed by atoms with E-state index in [-0.39, 0.29) is 16.7 Å². The van der Waals surface area contributed by atoms with Gasteiger partial charge in [0.05, 0.1) is 6.61 Å². The smallest absolute Gasteiger partial charge is 0.380 e. The third kappa shape index (κ3) is 5.42. The van der Waals surface area contributed by atoms with Crippen LogP contribution in [0.15, 0.2) is 29.2 Å². The summed E-state index contributed by atoms with van der Waals surface area (Å²) in [6, 6.07) is 6.81. The molecule has 1 atom stereocenters. The van der Waals surface area contributed by atoms with E-state index in [2.05, 4.69) is 5.32 Å². The zero-order chi connectivity index (χ0) is 13.7. The minimum Gasteiger partial charge on any atom is -0.380 e. The van der Waals surface area contributed by atoms with Crippen molar-refractivity contribution in [3.8, 4) is 0 Å². The largest absolute Gasteiger partial charge is 0.446 e. The Bertz CT molecular complexity index is 388. The Kier molecular flexibility index (Phi) is 5.13. The van der Waals surface area contributed by atoms with Gasteiger partial charge in [0.1, 0.15) is 0 Å². The highest BCUT2D eigenvalue weighted by atomic mass is 32.2. The maximum absolute atomic E-state index is 12.2. The van der Waals surface area contributed by atoms with Gasteiger partial charge in [0.15, 0.2) is 0 Å². The van der Waals surface area contributed by atoms with Crippen molar-refractivity contribution in [1.82, 2.24) is 5.32 Å². The van der Waals surface area contributed by atoms with Crippen molar-refractivity contribution in [2.45, 2.75) is 35.8 Å². The second kappa shape index (κ2) is 6.63. The van der Waals surface area contributed by atoms with E-state index >= 15 is 0 Å². The Morgan fingerprint density at radius 3 is 2.58 bits per heavy atom. The first-order chi connectivity index (χ1) is 9.03. The summed E-state index contributed by atoms with van der Waals surface area (Å²) in [4.78, 5) is 0.220. The molecule has 0 amide bonds. The fraction of sp³-hybridized carbons (Fsp3) is 0.538. The molecule has 6 heteroatoms. The molecular weight excluding hydrogens is 275 g/mol. The third-order valence-corrected chi connectivity index (χ3v) is 3.65. The van der Waals surface area contributed by atoms with Crippen molar-refractivity contribution in [2.24, 2.45) is 0 Å². The van der Waals surface area contributed by atoms with Gasteiger partial charge in [-0.1, -0.05) is 12.1 Å². The SMILES string of the molecule is FC(F)(F)Sc1ccc(CNC2CCCOC2)cc1. The van der Waals surface area contributed by atoms with Crippen LogP contribution >= 0.6 is 11.8 Å². The molecule has 1 aliphatic rings. The van der Waals surface area contributed by atoms with E-state index < -0.39 is 5.51 Å². The van der Waals surface area contributed by atoms with Gasteiger partial charge in [-0.15, -0.1) is 0 Å². The fourth-order valence-electron chi connectivity index (χ4n) is 1.97. The van der Waals surface area contributed by atoms with E-state index in [1.807, 2.05) is 0 Å². The van der Waals surface area contributed by atoms with Crippen LogP contribution < -0.4 is 5.32 Å². The lowest BCUT2D eigenvalue weighted by atomic mass is 10.1. The van der Waals surface area contributed by atoms with Gasteiger partial charge in [-0.05, 0) is 42.3 Å². The van der Waals surface area contributed by atoms with Gasteiger partial charge >= 0.3 is 5.51 Å². The summed E-state index contributed by atoms with van der Waals surface area (Å²) < 4.78 is 41.9. The molecule has 0 spiro atoms. The van der Waals surface area contributed by atoms with E-state index in [1.54, 1.807) is 12.1 Å². The molecule has 2 rings (SSSR count). The maximum Gasteiger partial charge on any atom is 0.446 e. The molecule has 1 aromatic rings. The van der Waals surface area contributed by atoms with E-state index in [4.69, 9.17) is 4.74 Å². The van der Waals surface area contributed by atoms with Crippen molar-refractivity contribution in [1.29, 1.82) is 0 Å². The van der Waals surface area contributed by atoms with Crippen LogP contribution in [-0.2, 0) is 11.3 Å². The normalized spacial score (nSPS) is 20.5. The molecule has 1 N–H and O–H groups in total. The molecular formula is C13H16F3NOS. The summed E-state index contributed by atoms with van der Waals surface area (Å²) in [6.07, 6.45) is 2.14. The first-order valence-corrected chi connectivity index (χ1v) is 7.00. The quantitative estimate of drug-likeness (QED) is 0.857. The number of benzene rings is 1. The zero-order valence-corrected chi connectivity index (χ0v) is 11.2. The number of alkyl halides is 3. The summed E-state index contributed by atoms with van der Waals surface area (Å²) in [7, 11) is 0. The maximum atomic E-state index is 12.2. The highest BCUT2D eigenvalue weighted by Crippen LogP contribution is 2.36. The Balaban J connectivity index is 1.81. The molecule has 1 heterocycles. The van der Waals surface area contributed by atoms with Crippen molar-refractivity contribution in [2.75, 3.05) is 13.2 Å². The number of nitrogens with one attached hydrogen (secondary N) is 1. The van der Waals surface area contributed by atoms with Crippen LogP contribution in [0.1, 0.15) is 18.4 Å². The van der Waals surface area contributed by atoms with Gasteiger partial charge in [-0.2, -0.15) is 13.2 Å². The number of halogens is 3. The topological polar surface area (TPSA) is 21.3 Å².